The number of nitrogens with zero attached hydrogens (tertiary/aromatic N) is 2. The Bertz CT molecular complexity index is 378. The Kier molecular flexibility index (Phi) is 2.96. The quantitative estimate of drug-likeness (QED) is 0.831. The van der Waals surface area contributed by atoms with E-state index in [1.54, 1.807) is 11.3 Å². The molecule has 0 fully saturated rings. The molecule has 0 aliphatic heterocycles. The molecule has 2 rings (SSSR count). The first-order valence-corrected chi connectivity index (χ1v) is 5.56. The van der Waals surface area contributed by atoms with Crippen LogP contribution in [-0.4, -0.2) is 16.1 Å². The van der Waals surface area contributed by atoms with Crippen molar-refractivity contribution in [3.63, 3.8) is 0 Å². The van der Waals surface area contributed by atoms with Crippen LogP contribution >= 0.6 is 11.3 Å². The maximum absolute atomic E-state index is 5.49. The Morgan fingerprint density at radius 2 is 2.43 bits per heavy atom. The van der Waals surface area contributed by atoms with Gasteiger partial charge in [0.2, 0.25) is 0 Å². The van der Waals surface area contributed by atoms with Gasteiger partial charge in [-0.05, 0) is 31.5 Å². The molecule has 2 aromatic heterocycles. The van der Waals surface area contributed by atoms with Gasteiger partial charge in [-0.1, -0.05) is 0 Å². The van der Waals surface area contributed by atoms with E-state index in [2.05, 4.69) is 15.6 Å². The van der Waals surface area contributed by atoms with Gasteiger partial charge in [0.1, 0.15) is 0 Å². The summed E-state index contributed by atoms with van der Waals surface area (Å²) < 4.78 is 2.13. The number of thiazole rings is 1. The second-order valence-corrected chi connectivity index (χ2v) is 3.95. The van der Waals surface area contributed by atoms with Crippen LogP contribution in [0.4, 0.5) is 0 Å². The van der Waals surface area contributed by atoms with Gasteiger partial charge in [-0.3, -0.25) is 4.57 Å². The Morgan fingerprint density at radius 1 is 1.50 bits per heavy atom. The van der Waals surface area contributed by atoms with Gasteiger partial charge < -0.3 is 5.73 Å². The molecule has 0 aromatic carbocycles. The molecule has 2 aromatic rings. The fourth-order valence-corrected chi connectivity index (χ4v) is 2.08. The molecule has 0 amide bonds. The molecule has 0 saturated carbocycles. The van der Waals surface area contributed by atoms with Crippen LogP contribution < -0.4 is 5.73 Å². The van der Waals surface area contributed by atoms with Gasteiger partial charge in [-0.25, -0.2) is 4.98 Å². The average molecular weight is 207 g/mol. The molecule has 0 atom stereocenters. The van der Waals surface area contributed by atoms with Crippen LogP contribution in [0.5, 0.6) is 0 Å². The Morgan fingerprint density at radius 3 is 3.14 bits per heavy atom. The predicted octanol–water partition coefficient (Wildman–Crippen LogP) is 1.83. The molecule has 3 nitrogen and oxygen atoms in total. The average Bonchev–Trinajstić information content (AvgIpc) is 2.84. The number of rotatable bonds is 4. The van der Waals surface area contributed by atoms with E-state index in [-0.39, 0.29) is 0 Å². The monoisotopic (exact) mass is 207 g/mol. The van der Waals surface area contributed by atoms with Crippen LogP contribution in [0, 0.1) is 0 Å². The van der Waals surface area contributed by atoms with Crippen molar-refractivity contribution in [3.05, 3.63) is 35.6 Å². The SMILES string of the molecule is NCCCc1cccn1-c1nccs1. The molecule has 14 heavy (non-hydrogen) atoms. The maximum atomic E-state index is 5.49. The zero-order valence-corrected chi connectivity index (χ0v) is 8.70. The molecule has 74 valence electrons. The molecule has 2 heterocycles. The molecule has 0 aliphatic carbocycles. The van der Waals surface area contributed by atoms with Crippen LogP contribution in [0.25, 0.3) is 5.13 Å². The first kappa shape index (κ1) is 9.43. The third kappa shape index (κ3) is 1.86. The van der Waals surface area contributed by atoms with Crippen molar-refractivity contribution < 1.29 is 0 Å². The van der Waals surface area contributed by atoms with Gasteiger partial charge in [-0.15, -0.1) is 11.3 Å². The predicted molar refractivity (Wildman–Crippen MR) is 58.8 cm³/mol. The highest BCUT2D eigenvalue weighted by Crippen LogP contribution is 2.15. The van der Waals surface area contributed by atoms with Gasteiger partial charge >= 0.3 is 0 Å². The van der Waals surface area contributed by atoms with Gasteiger partial charge in [0, 0.05) is 23.5 Å². The molecule has 2 N–H and O–H groups in total. The molecular weight excluding hydrogens is 194 g/mol. The zero-order chi connectivity index (χ0) is 9.80. The maximum Gasteiger partial charge on any atom is 0.193 e. The largest absolute Gasteiger partial charge is 0.330 e. The van der Waals surface area contributed by atoms with Gasteiger partial charge in [-0.2, -0.15) is 0 Å². The van der Waals surface area contributed by atoms with E-state index in [1.165, 1.54) is 5.69 Å². The summed E-state index contributed by atoms with van der Waals surface area (Å²) in [6.45, 7) is 0.739. The molecular formula is C10H13N3S. The van der Waals surface area contributed by atoms with Crippen molar-refractivity contribution in [1.29, 1.82) is 0 Å². The highest BCUT2D eigenvalue weighted by Gasteiger charge is 2.03. The van der Waals surface area contributed by atoms with Crippen molar-refractivity contribution >= 4 is 11.3 Å². The lowest BCUT2D eigenvalue weighted by molar-refractivity contribution is 0.787. The van der Waals surface area contributed by atoms with E-state index in [9.17, 15) is 0 Å². The molecule has 0 unspecified atom stereocenters. The van der Waals surface area contributed by atoms with E-state index in [0.29, 0.717) is 0 Å². The summed E-state index contributed by atoms with van der Waals surface area (Å²) in [7, 11) is 0. The van der Waals surface area contributed by atoms with Gasteiger partial charge in [0.15, 0.2) is 5.13 Å². The number of nitrogens with two attached hydrogens (primary N) is 1. The van der Waals surface area contributed by atoms with E-state index >= 15 is 0 Å². The van der Waals surface area contributed by atoms with E-state index in [4.69, 9.17) is 5.73 Å². The summed E-state index contributed by atoms with van der Waals surface area (Å²) in [5.41, 5.74) is 6.77. The third-order valence-electron chi connectivity index (χ3n) is 2.10. The fourth-order valence-electron chi connectivity index (χ4n) is 1.42. The van der Waals surface area contributed by atoms with Crippen LogP contribution in [0.2, 0.25) is 0 Å². The second-order valence-electron chi connectivity index (χ2n) is 3.08. The minimum atomic E-state index is 0.739. The normalized spacial score (nSPS) is 10.6. The lowest BCUT2D eigenvalue weighted by atomic mass is 10.2. The smallest absolute Gasteiger partial charge is 0.193 e. The van der Waals surface area contributed by atoms with Gasteiger partial charge in [0.05, 0.1) is 0 Å². The fraction of sp³-hybridized carbons (Fsp3) is 0.300. The Hall–Kier alpha value is -1.13. The summed E-state index contributed by atoms with van der Waals surface area (Å²) in [6, 6.07) is 4.17. The summed E-state index contributed by atoms with van der Waals surface area (Å²) in [6.07, 6.45) is 5.91. The number of hydrogen-bond acceptors (Lipinski definition) is 3. The molecule has 0 radical (unpaired) electrons. The Labute approximate surface area is 87.2 Å². The first-order valence-electron chi connectivity index (χ1n) is 4.68. The molecule has 0 spiro atoms. The lowest BCUT2D eigenvalue weighted by Crippen LogP contribution is -2.04. The standard InChI is InChI=1S/C10H13N3S/c11-5-1-3-9-4-2-7-13(9)10-12-6-8-14-10/h2,4,6-8H,1,3,5,11H2. The minimum Gasteiger partial charge on any atom is -0.330 e. The first-order chi connectivity index (χ1) is 6.92. The van der Waals surface area contributed by atoms with E-state index in [0.717, 1.165) is 24.5 Å². The van der Waals surface area contributed by atoms with Crippen LogP contribution in [0.1, 0.15) is 12.1 Å². The second kappa shape index (κ2) is 4.39. The molecule has 0 aliphatic rings. The highest BCUT2D eigenvalue weighted by atomic mass is 32.1. The summed E-state index contributed by atoms with van der Waals surface area (Å²) in [5.74, 6) is 0. The summed E-state index contributed by atoms with van der Waals surface area (Å²) in [5, 5.41) is 3.02. The topological polar surface area (TPSA) is 43.8 Å². The molecule has 4 heteroatoms. The zero-order valence-electron chi connectivity index (χ0n) is 7.89. The van der Waals surface area contributed by atoms with E-state index in [1.807, 2.05) is 23.8 Å². The van der Waals surface area contributed by atoms with Crippen LogP contribution in [0.15, 0.2) is 29.9 Å². The lowest BCUT2D eigenvalue weighted by Gasteiger charge is -2.04. The van der Waals surface area contributed by atoms with Crippen molar-refractivity contribution in [1.82, 2.24) is 9.55 Å². The van der Waals surface area contributed by atoms with E-state index < -0.39 is 0 Å². The Balaban J connectivity index is 2.22. The summed E-state index contributed by atoms with van der Waals surface area (Å²) in [4.78, 5) is 4.28. The highest BCUT2D eigenvalue weighted by molar-refractivity contribution is 7.12. The number of aromatic nitrogens is 2. The summed E-state index contributed by atoms with van der Waals surface area (Å²) >= 11 is 1.65. The number of aryl methyl sites for hydroxylation is 1. The van der Waals surface area contributed by atoms with Crippen molar-refractivity contribution in [2.24, 2.45) is 5.73 Å². The minimum absolute atomic E-state index is 0.739. The van der Waals surface area contributed by atoms with Crippen molar-refractivity contribution in [2.75, 3.05) is 6.54 Å². The van der Waals surface area contributed by atoms with Gasteiger partial charge in [0.25, 0.3) is 0 Å². The molecule has 0 saturated heterocycles. The van der Waals surface area contributed by atoms with Crippen molar-refractivity contribution in [3.8, 4) is 5.13 Å². The van der Waals surface area contributed by atoms with Crippen LogP contribution in [-0.2, 0) is 6.42 Å². The van der Waals surface area contributed by atoms with Crippen LogP contribution in [0.3, 0.4) is 0 Å². The third-order valence-corrected chi connectivity index (χ3v) is 2.87. The van der Waals surface area contributed by atoms with Crippen molar-refractivity contribution in [2.45, 2.75) is 12.8 Å². The molecule has 0 bridgehead atoms. The number of hydrogen-bond donors (Lipinski definition) is 1.